The summed E-state index contributed by atoms with van der Waals surface area (Å²) in [6, 6.07) is 3.30. The maximum absolute atomic E-state index is 12.1. The normalized spacial score (nSPS) is 51.1. The number of epoxide rings is 1. The third-order valence-electron chi connectivity index (χ3n) is 10.5. The molecule has 5 aliphatic rings. The van der Waals surface area contributed by atoms with E-state index in [2.05, 4.69) is 13.8 Å². The SMILES string of the molecule is CC(=O)O[C@H]1[C@@H]2O[C@]23[C@@H]2CC[C@@H]4C[C@@H](O)CC[C@]4(C)[C@H]2CC[C@]3(C)[C@H]1c1ccc(=O)oc1. The van der Waals surface area contributed by atoms with E-state index in [1.54, 1.807) is 6.26 Å². The first-order chi connectivity index (χ1) is 15.2. The van der Waals surface area contributed by atoms with E-state index in [9.17, 15) is 14.7 Å². The summed E-state index contributed by atoms with van der Waals surface area (Å²) in [7, 11) is 0. The molecule has 5 fully saturated rings. The Balaban J connectivity index is 1.41. The fourth-order valence-corrected chi connectivity index (χ4v) is 9.10. The minimum Gasteiger partial charge on any atom is -0.459 e. The Morgan fingerprint density at radius 1 is 1.12 bits per heavy atom. The monoisotopic (exact) mass is 442 g/mol. The molecule has 174 valence electrons. The van der Waals surface area contributed by atoms with Crippen LogP contribution in [-0.2, 0) is 14.3 Å². The predicted octanol–water partition coefficient (Wildman–Crippen LogP) is 3.80. The molecule has 6 heteroatoms. The van der Waals surface area contributed by atoms with Gasteiger partial charge in [-0.15, -0.1) is 0 Å². The van der Waals surface area contributed by atoms with Crippen LogP contribution < -0.4 is 5.63 Å². The minimum atomic E-state index is -0.369. The van der Waals surface area contributed by atoms with Gasteiger partial charge in [0.25, 0.3) is 0 Å². The van der Waals surface area contributed by atoms with Gasteiger partial charge in [-0.25, -0.2) is 4.79 Å². The lowest BCUT2D eigenvalue weighted by atomic mass is 9.44. The van der Waals surface area contributed by atoms with Crippen molar-refractivity contribution in [3.8, 4) is 0 Å². The van der Waals surface area contributed by atoms with Crippen molar-refractivity contribution in [3.63, 3.8) is 0 Å². The number of ether oxygens (including phenoxy) is 2. The van der Waals surface area contributed by atoms with Crippen LogP contribution in [0.4, 0.5) is 0 Å². The average molecular weight is 443 g/mol. The quantitative estimate of drug-likeness (QED) is 0.554. The molecule has 2 heterocycles. The van der Waals surface area contributed by atoms with Crippen molar-refractivity contribution in [1.82, 2.24) is 0 Å². The van der Waals surface area contributed by atoms with Gasteiger partial charge in [-0.05, 0) is 79.7 Å². The van der Waals surface area contributed by atoms with Crippen molar-refractivity contribution in [2.24, 2.45) is 28.6 Å². The van der Waals surface area contributed by atoms with Gasteiger partial charge < -0.3 is 19.0 Å². The minimum absolute atomic E-state index is 0.0471. The molecule has 0 bridgehead atoms. The Morgan fingerprint density at radius 2 is 1.94 bits per heavy atom. The maximum Gasteiger partial charge on any atom is 0.335 e. The van der Waals surface area contributed by atoms with Crippen LogP contribution in [-0.4, -0.2) is 35.0 Å². The molecule has 4 aliphatic carbocycles. The van der Waals surface area contributed by atoms with Gasteiger partial charge in [-0.2, -0.15) is 0 Å². The first-order valence-electron chi connectivity index (χ1n) is 12.3. The van der Waals surface area contributed by atoms with Crippen LogP contribution in [0, 0.1) is 28.6 Å². The van der Waals surface area contributed by atoms with Crippen molar-refractivity contribution in [3.05, 3.63) is 34.4 Å². The Morgan fingerprint density at radius 3 is 2.66 bits per heavy atom. The smallest absolute Gasteiger partial charge is 0.335 e. The maximum atomic E-state index is 12.1. The average Bonchev–Trinajstić information content (AvgIpc) is 3.44. The molecule has 0 radical (unpaired) electrons. The van der Waals surface area contributed by atoms with Crippen molar-refractivity contribution < 1.29 is 23.8 Å². The third kappa shape index (κ3) is 2.54. The second-order valence-corrected chi connectivity index (χ2v) is 11.6. The van der Waals surface area contributed by atoms with Gasteiger partial charge in [-0.1, -0.05) is 13.8 Å². The lowest BCUT2D eigenvalue weighted by Crippen LogP contribution is -2.58. The van der Waals surface area contributed by atoms with Crippen molar-refractivity contribution >= 4 is 5.97 Å². The van der Waals surface area contributed by atoms with E-state index in [0.29, 0.717) is 17.8 Å². The van der Waals surface area contributed by atoms with Gasteiger partial charge in [0.15, 0.2) is 0 Å². The highest BCUT2D eigenvalue weighted by Gasteiger charge is 2.84. The third-order valence-corrected chi connectivity index (χ3v) is 10.5. The number of esters is 1. The summed E-state index contributed by atoms with van der Waals surface area (Å²) < 4.78 is 17.8. The summed E-state index contributed by atoms with van der Waals surface area (Å²) in [5.74, 6) is 1.24. The summed E-state index contributed by atoms with van der Waals surface area (Å²) in [6.07, 6.45) is 8.20. The van der Waals surface area contributed by atoms with Crippen LogP contribution in [0.15, 0.2) is 27.6 Å². The Labute approximate surface area is 188 Å². The topological polar surface area (TPSA) is 89.3 Å². The molecule has 1 aliphatic heterocycles. The summed E-state index contributed by atoms with van der Waals surface area (Å²) >= 11 is 0. The summed E-state index contributed by atoms with van der Waals surface area (Å²) in [4.78, 5) is 23.7. The number of fused-ring (bicyclic) bond motifs is 3. The number of carbonyl (C=O) groups excluding carboxylic acids is 1. The molecule has 6 rings (SSSR count). The van der Waals surface area contributed by atoms with Crippen LogP contribution in [0.5, 0.6) is 0 Å². The fraction of sp³-hybridized carbons (Fsp3) is 0.769. The molecule has 0 aromatic carbocycles. The largest absolute Gasteiger partial charge is 0.459 e. The molecular formula is C26H34O6. The number of hydrogen-bond acceptors (Lipinski definition) is 6. The lowest BCUT2D eigenvalue weighted by molar-refractivity contribution is -0.158. The van der Waals surface area contributed by atoms with E-state index in [0.717, 1.165) is 50.5 Å². The van der Waals surface area contributed by atoms with Crippen LogP contribution in [0.25, 0.3) is 0 Å². The number of rotatable bonds is 2. The van der Waals surface area contributed by atoms with Gasteiger partial charge in [0, 0.05) is 24.3 Å². The molecule has 10 atom stereocenters. The number of hydrogen-bond donors (Lipinski definition) is 1. The first-order valence-corrected chi connectivity index (χ1v) is 12.3. The Hall–Kier alpha value is -1.66. The van der Waals surface area contributed by atoms with E-state index in [4.69, 9.17) is 13.9 Å². The van der Waals surface area contributed by atoms with E-state index in [1.165, 1.54) is 13.0 Å². The van der Waals surface area contributed by atoms with Crippen LogP contribution in [0.2, 0.25) is 0 Å². The lowest BCUT2D eigenvalue weighted by Gasteiger charge is -2.61. The zero-order chi connectivity index (χ0) is 22.5. The molecule has 0 unspecified atom stereocenters. The molecule has 1 N–H and O–H groups in total. The van der Waals surface area contributed by atoms with E-state index >= 15 is 0 Å². The van der Waals surface area contributed by atoms with Crippen molar-refractivity contribution in [2.75, 3.05) is 0 Å². The van der Waals surface area contributed by atoms with E-state index in [1.807, 2.05) is 6.07 Å². The van der Waals surface area contributed by atoms with E-state index < -0.39 is 0 Å². The molecule has 1 aromatic heterocycles. The van der Waals surface area contributed by atoms with Crippen molar-refractivity contribution in [1.29, 1.82) is 0 Å². The highest BCUT2D eigenvalue weighted by atomic mass is 16.7. The summed E-state index contributed by atoms with van der Waals surface area (Å²) in [6.45, 7) is 6.23. The first kappa shape index (κ1) is 20.9. The second kappa shape index (κ2) is 6.69. The number of aliphatic hydroxyl groups excluding tert-OH is 1. The van der Waals surface area contributed by atoms with Gasteiger partial charge in [0.2, 0.25) is 0 Å². The predicted molar refractivity (Wildman–Crippen MR) is 116 cm³/mol. The Kier molecular flexibility index (Phi) is 4.37. The van der Waals surface area contributed by atoms with Crippen LogP contribution in [0.1, 0.15) is 77.2 Å². The van der Waals surface area contributed by atoms with Gasteiger partial charge in [0.1, 0.15) is 17.8 Å². The molecular weight excluding hydrogens is 408 g/mol. The highest BCUT2D eigenvalue weighted by molar-refractivity contribution is 5.66. The highest BCUT2D eigenvalue weighted by Crippen LogP contribution is 2.78. The molecule has 1 aromatic rings. The zero-order valence-corrected chi connectivity index (χ0v) is 19.2. The molecule has 4 saturated carbocycles. The summed E-state index contributed by atoms with van der Waals surface area (Å²) in [5.41, 5.74) is 0.319. The van der Waals surface area contributed by atoms with Gasteiger partial charge in [-0.3, -0.25) is 4.79 Å². The fourth-order valence-electron chi connectivity index (χ4n) is 9.10. The second-order valence-electron chi connectivity index (χ2n) is 11.6. The molecule has 32 heavy (non-hydrogen) atoms. The van der Waals surface area contributed by atoms with Crippen LogP contribution in [0.3, 0.4) is 0 Å². The molecule has 1 spiro atoms. The zero-order valence-electron chi connectivity index (χ0n) is 19.2. The molecule has 1 saturated heterocycles. The van der Waals surface area contributed by atoms with Crippen molar-refractivity contribution in [2.45, 2.75) is 95.5 Å². The Bertz CT molecular complexity index is 982. The van der Waals surface area contributed by atoms with Gasteiger partial charge in [0.05, 0.1) is 12.4 Å². The van der Waals surface area contributed by atoms with Gasteiger partial charge >= 0.3 is 11.6 Å². The summed E-state index contributed by atoms with van der Waals surface area (Å²) in [5, 5.41) is 10.3. The van der Waals surface area contributed by atoms with E-state index in [-0.39, 0.29) is 52.3 Å². The number of carbonyl (C=O) groups is 1. The molecule has 0 amide bonds. The van der Waals surface area contributed by atoms with Crippen LogP contribution >= 0.6 is 0 Å². The number of aliphatic hydroxyl groups is 1. The standard InChI is InChI=1S/C26H34O6/c1-14(27)31-22-21(15-4-7-20(29)30-13-15)25(3)11-9-18-19(26(25)23(22)32-26)6-5-16-12-17(28)8-10-24(16,18)2/h4,7,13,16-19,21-23,28H,5-6,8-12H2,1-3H3/t16-,17+,18+,19-,21+,22-,23+,24+,25-,26-/m1/s1. The molecule has 6 nitrogen and oxygen atoms in total.